The first-order valence-electron chi connectivity index (χ1n) is 6.41. The Morgan fingerprint density at radius 3 is 2.73 bits per heavy atom. The number of benzene rings is 2. The van der Waals surface area contributed by atoms with Gasteiger partial charge in [0.15, 0.2) is 0 Å². The molecule has 1 N–H and O–H groups in total. The van der Waals surface area contributed by atoms with E-state index in [0.29, 0.717) is 16.9 Å². The molecule has 0 saturated carbocycles. The van der Waals surface area contributed by atoms with E-state index in [1.807, 2.05) is 18.2 Å². The molecule has 3 rings (SSSR count). The fourth-order valence-electron chi connectivity index (χ4n) is 1.93. The van der Waals surface area contributed by atoms with Crippen molar-refractivity contribution in [1.29, 1.82) is 0 Å². The number of rotatable bonds is 3. The molecule has 0 atom stereocenters. The Morgan fingerprint density at radius 2 is 1.95 bits per heavy atom. The zero-order chi connectivity index (χ0) is 15.5. The number of amides is 1. The highest BCUT2D eigenvalue weighted by Crippen LogP contribution is 2.21. The molecule has 22 heavy (non-hydrogen) atoms. The Labute approximate surface area is 139 Å². The molecule has 2 aromatic carbocycles. The van der Waals surface area contributed by atoms with Crippen molar-refractivity contribution in [3.63, 3.8) is 0 Å². The predicted molar refractivity (Wildman–Crippen MR) is 89.0 cm³/mol. The largest absolute Gasteiger partial charge is 0.350 e. The van der Waals surface area contributed by atoms with Crippen molar-refractivity contribution in [3.8, 4) is 11.3 Å². The number of hydrogen-bond acceptors (Lipinski definition) is 3. The Balaban J connectivity index is 1.80. The minimum atomic E-state index is -0.405. The van der Waals surface area contributed by atoms with Crippen LogP contribution < -0.4 is 5.32 Å². The van der Waals surface area contributed by atoms with Crippen LogP contribution in [0, 0.1) is 9.39 Å². The van der Waals surface area contributed by atoms with Gasteiger partial charge in [-0.05, 0) is 52.9 Å². The van der Waals surface area contributed by atoms with E-state index >= 15 is 0 Å². The van der Waals surface area contributed by atoms with Crippen LogP contribution in [0.4, 0.5) is 10.1 Å². The number of hydrogen-bond donors (Lipinski definition) is 1. The van der Waals surface area contributed by atoms with Crippen molar-refractivity contribution in [2.75, 3.05) is 5.32 Å². The number of nitrogens with zero attached hydrogens (tertiary/aromatic N) is 1. The summed E-state index contributed by atoms with van der Waals surface area (Å²) in [7, 11) is 0. The fraction of sp³-hybridized carbons (Fsp3) is 0. The molecule has 0 spiro atoms. The Bertz CT molecular complexity index is 832. The smallest absolute Gasteiger partial charge is 0.294 e. The Hall–Kier alpha value is -2.22. The first kappa shape index (κ1) is 14.7. The molecule has 110 valence electrons. The van der Waals surface area contributed by atoms with Crippen LogP contribution in [0.2, 0.25) is 0 Å². The van der Waals surface area contributed by atoms with Crippen molar-refractivity contribution in [1.82, 2.24) is 5.16 Å². The van der Waals surface area contributed by atoms with Crippen LogP contribution in [-0.4, -0.2) is 11.1 Å². The first-order valence-corrected chi connectivity index (χ1v) is 7.49. The lowest BCUT2D eigenvalue weighted by Crippen LogP contribution is -2.10. The molecule has 0 fully saturated rings. The van der Waals surface area contributed by atoms with Gasteiger partial charge in [-0.2, -0.15) is 0 Å². The van der Waals surface area contributed by atoms with Gasteiger partial charge in [0.1, 0.15) is 11.5 Å². The van der Waals surface area contributed by atoms with Crippen molar-refractivity contribution in [3.05, 3.63) is 69.7 Å². The molecular formula is C16H10FIN2O2. The van der Waals surface area contributed by atoms with E-state index in [-0.39, 0.29) is 11.6 Å². The Kier molecular flexibility index (Phi) is 4.19. The van der Waals surface area contributed by atoms with E-state index in [2.05, 4.69) is 33.1 Å². The van der Waals surface area contributed by atoms with E-state index < -0.39 is 5.91 Å². The molecule has 3 aromatic rings. The zero-order valence-electron chi connectivity index (χ0n) is 11.2. The molecule has 0 aliphatic carbocycles. The number of anilines is 1. The maximum absolute atomic E-state index is 13.2. The maximum Gasteiger partial charge on any atom is 0.294 e. The second kappa shape index (κ2) is 6.27. The van der Waals surface area contributed by atoms with Crippen LogP contribution in [0.5, 0.6) is 0 Å². The molecule has 6 heteroatoms. The third-order valence-electron chi connectivity index (χ3n) is 2.94. The number of halogens is 2. The van der Waals surface area contributed by atoms with Crippen molar-refractivity contribution in [2.45, 2.75) is 0 Å². The van der Waals surface area contributed by atoms with Gasteiger partial charge < -0.3 is 9.84 Å². The van der Waals surface area contributed by atoms with E-state index in [4.69, 9.17) is 4.52 Å². The highest BCUT2D eigenvalue weighted by atomic mass is 127. The second-order valence-electron chi connectivity index (χ2n) is 4.55. The molecule has 1 amide bonds. The van der Waals surface area contributed by atoms with Crippen LogP contribution in [0.25, 0.3) is 11.3 Å². The summed E-state index contributed by atoms with van der Waals surface area (Å²) in [5.41, 5.74) is 1.63. The molecular weight excluding hydrogens is 398 g/mol. The van der Waals surface area contributed by atoms with E-state index in [9.17, 15) is 9.18 Å². The summed E-state index contributed by atoms with van der Waals surface area (Å²) in [6, 6.07) is 14.8. The van der Waals surface area contributed by atoms with Gasteiger partial charge in [-0.15, -0.1) is 0 Å². The minimum Gasteiger partial charge on any atom is -0.350 e. The molecule has 0 aliphatic rings. The lowest BCUT2D eigenvalue weighted by molar-refractivity contribution is 0.0988. The number of carbonyl (C=O) groups excluding carboxylic acids is 1. The number of nitrogens with one attached hydrogen (secondary N) is 1. The van der Waals surface area contributed by atoms with Gasteiger partial charge in [0.2, 0.25) is 5.76 Å². The standard InChI is InChI=1S/C16H10FIN2O2/c17-11-4-1-3-10(7-11)14-9-15(22-20-14)16(21)19-13-6-2-5-12(18)8-13/h1-9H,(H,19,21). The lowest BCUT2D eigenvalue weighted by Gasteiger charge is -2.02. The second-order valence-corrected chi connectivity index (χ2v) is 5.80. The lowest BCUT2D eigenvalue weighted by atomic mass is 10.1. The summed E-state index contributed by atoms with van der Waals surface area (Å²) >= 11 is 2.16. The summed E-state index contributed by atoms with van der Waals surface area (Å²) in [5, 5.41) is 6.53. The topological polar surface area (TPSA) is 55.1 Å². The van der Waals surface area contributed by atoms with Gasteiger partial charge in [0.25, 0.3) is 5.91 Å². The monoisotopic (exact) mass is 408 g/mol. The average molecular weight is 408 g/mol. The van der Waals surface area contributed by atoms with Crippen LogP contribution >= 0.6 is 22.6 Å². The van der Waals surface area contributed by atoms with Gasteiger partial charge in [0, 0.05) is 20.9 Å². The van der Waals surface area contributed by atoms with Crippen LogP contribution in [0.15, 0.2) is 59.1 Å². The third kappa shape index (κ3) is 3.33. The molecule has 4 nitrogen and oxygen atoms in total. The molecule has 0 saturated heterocycles. The zero-order valence-corrected chi connectivity index (χ0v) is 13.4. The summed E-state index contributed by atoms with van der Waals surface area (Å²) in [6.45, 7) is 0. The highest BCUT2D eigenvalue weighted by Gasteiger charge is 2.14. The first-order chi connectivity index (χ1) is 10.6. The van der Waals surface area contributed by atoms with Gasteiger partial charge in [-0.25, -0.2) is 4.39 Å². The van der Waals surface area contributed by atoms with Crippen molar-refractivity contribution < 1.29 is 13.7 Å². The summed E-state index contributed by atoms with van der Waals surface area (Å²) in [6.07, 6.45) is 0. The van der Waals surface area contributed by atoms with Crippen LogP contribution in [-0.2, 0) is 0 Å². The average Bonchev–Trinajstić information content (AvgIpc) is 2.97. The van der Waals surface area contributed by atoms with E-state index in [0.717, 1.165) is 3.57 Å². The minimum absolute atomic E-state index is 0.0677. The van der Waals surface area contributed by atoms with Gasteiger partial charge in [0.05, 0.1) is 0 Å². The third-order valence-corrected chi connectivity index (χ3v) is 3.61. The van der Waals surface area contributed by atoms with Crippen LogP contribution in [0.3, 0.4) is 0 Å². The Morgan fingerprint density at radius 1 is 1.14 bits per heavy atom. The molecule has 0 aliphatic heterocycles. The molecule has 0 radical (unpaired) electrons. The summed E-state index contributed by atoms with van der Waals surface area (Å²) in [5.74, 6) is -0.708. The normalized spacial score (nSPS) is 10.5. The van der Waals surface area contributed by atoms with Gasteiger partial charge in [-0.1, -0.05) is 23.4 Å². The van der Waals surface area contributed by atoms with Gasteiger partial charge in [-0.3, -0.25) is 4.79 Å². The summed E-state index contributed by atoms with van der Waals surface area (Å²) in [4.78, 5) is 12.1. The van der Waals surface area contributed by atoms with E-state index in [1.165, 1.54) is 18.2 Å². The van der Waals surface area contributed by atoms with Crippen molar-refractivity contribution in [2.24, 2.45) is 0 Å². The molecule has 1 heterocycles. The SMILES string of the molecule is O=C(Nc1cccc(I)c1)c1cc(-c2cccc(F)c2)no1. The molecule has 0 unspecified atom stereocenters. The predicted octanol–water partition coefficient (Wildman–Crippen LogP) is 4.34. The molecule has 1 aromatic heterocycles. The maximum atomic E-state index is 13.2. The quantitative estimate of drug-likeness (QED) is 0.657. The van der Waals surface area contributed by atoms with Crippen LogP contribution in [0.1, 0.15) is 10.6 Å². The van der Waals surface area contributed by atoms with Gasteiger partial charge >= 0.3 is 0 Å². The number of carbonyl (C=O) groups is 1. The number of aromatic nitrogens is 1. The van der Waals surface area contributed by atoms with E-state index in [1.54, 1.807) is 18.2 Å². The summed E-state index contributed by atoms with van der Waals surface area (Å²) < 4.78 is 19.2. The molecule has 0 bridgehead atoms. The highest BCUT2D eigenvalue weighted by molar-refractivity contribution is 14.1. The fourth-order valence-corrected chi connectivity index (χ4v) is 2.47. The van der Waals surface area contributed by atoms with Crippen molar-refractivity contribution >= 4 is 34.2 Å².